The largest absolute Gasteiger partial charge is 0.354 e. The Labute approximate surface area is 97.4 Å². The van der Waals surface area contributed by atoms with Crippen LogP contribution in [0.25, 0.3) is 0 Å². The Morgan fingerprint density at radius 1 is 1.12 bits per heavy atom. The summed E-state index contributed by atoms with van der Waals surface area (Å²) < 4.78 is 0. The topological polar surface area (TPSA) is 70.2 Å². The van der Waals surface area contributed by atoms with Gasteiger partial charge in [0.2, 0.25) is 5.91 Å². The van der Waals surface area contributed by atoms with E-state index in [2.05, 4.69) is 16.0 Å². The number of carbonyl (C=O) groups excluding carboxylic acids is 2. The molecule has 0 aliphatic carbocycles. The highest BCUT2D eigenvalue weighted by Crippen LogP contribution is 1.88. The fourth-order valence-corrected chi connectivity index (χ4v) is 1.04. The number of carbonyl (C=O) groups is 2. The lowest BCUT2D eigenvalue weighted by Gasteiger charge is -2.11. The summed E-state index contributed by atoms with van der Waals surface area (Å²) in [6, 6.07) is -0.0143. The van der Waals surface area contributed by atoms with E-state index in [1.54, 1.807) is 0 Å². The Hall–Kier alpha value is -1.26. The van der Waals surface area contributed by atoms with Gasteiger partial charge in [0, 0.05) is 25.6 Å². The van der Waals surface area contributed by atoms with Crippen molar-refractivity contribution in [2.24, 2.45) is 0 Å². The van der Waals surface area contributed by atoms with E-state index in [-0.39, 0.29) is 18.0 Å². The van der Waals surface area contributed by atoms with E-state index in [9.17, 15) is 9.59 Å². The fraction of sp³-hybridized carbons (Fsp3) is 0.818. The van der Waals surface area contributed by atoms with Gasteiger partial charge < -0.3 is 16.0 Å². The Kier molecular flexibility index (Phi) is 8.29. The van der Waals surface area contributed by atoms with Crippen molar-refractivity contribution in [2.45, 2.75) is 46.1 Å². The lowest BCUT2D eigenvalue weighted by atomic mass is 10.2. The number of amides is 3. The van der Waals surface area contributed by atoms with E-state index < -0.39 is 0 Å². The Balaban J connectivity index is 3.50. The standard InChI is InChI=1S/C11H23N3O2/c1-4-7-12-11(16)13-8-6-10(15)14-9(3)5-2/h9H,4-8H2,1-3H3,(H,14,15)(H2,12,13,16). The quantitative estimate of drug-likeness (QED) is 0.609. The molecule has 0 fully saturated rings. The zero-order chi connectivity index (χ0) is 12.4. The van der Waals surface area contributed by atoms with Crippen LogP contribution in [0.3, 0.4) is 0 Å². The monoisotopic (exact) mass is 229 g/mol. The van der Waals surface area contributed by atoms with E-state index >= 15 is 0 Å². The lowest BCUT2D eigenvalue weighted by molar-refractivity contribution is -0.121. The van der Waals surface area contributed by atoms with Crippen LogP contribution in [0.4, 0.5) is 4.79 Å². The molecule has 0 saturated heterocycles. The Morgan fingerprint density at radius 2 is 1.75 bits per heavy atom. The van der Waals surface area contributed by atoms with E-state index in [0.29, 0.717) is 19.5 Å². The molecule has 0 saturated carbocycles. The van der Waals surface area contributed by atoms with Crippen molar-refractivity contribution in [3.05, 3.63) is 0 Å². The fourth-order valence-electron chi connectivity index (χ4n) is 1.04. The molecule has 3 N–H and O–H groups in total. The van der Waals surface area contributed by atoms with Crippen molar-refractivity contribution >= 4 is 11.9 Å². The van der Waals surface area contributed by atoms with Gasteiger partial charge in [-0.15, -0.1) is 0 Å². The molecule has 0 aromatic rings. The molecule has 0 spiro atoms. The van der Waals surface area contributed by atoms with Gasteiger partial charge in [0.1, 0.15) is 0 Å². The van der Waals surface area contributed by atoms with Crippen LogP contribution >= 0.6 is 0 Å². The summed E-state index contributed by atoms with van der Waals surface area (Å²) in [5.41, 5.74) is 0. The molecule has 16 heavy (non-hydrogen) atoms. The van der Waals surface area contributed by atoms with Crippen LogP contribution in [0.2, 0.25) is 0 Å². The molecule has 94 valence electrons. The van der Waals surface area contributed by atoms with Crippen molar-refractivity contribution in [3.63, 3.8) is 0 Å². The molecule has 5 nitrogen and oxygen atoms in total. The first-order chi connectivity index (χ1) is 7.60. The van der Waals surface area contributed by atoms with Gasteiger partial charge in [-0.25, -0.2) is 4.79 Å². The minimum atomic E-state index is -0.210. The van der Waals surface area contributed by atoms with E-state index in [1.165, 1.54) is 0 Å². The van der Waals surface area contributed by atoms with Crippen LogP contribution in [-0.2, 0) is 4.79 Å². The Morgan fingerprint density at radius 3 is 2.31 bits per heavy atom. The predicted octanol–water partition coefficient (Wildman–Crippen LogP) is 1.00. The second-order valence-corrected chi connectivity index (χ2v) is 3.81. The molecule has 5 heteroatoms. The smallest absolute Gasteiger partial charge is 0.314 e. The van der Waals surface area contributed by atoms with E-state index in [1.807, 2.05) is 20.8 Å². The van der Waals surface area contributed by atoms with Crippen LogP contribution < -0.4 is 16.0 Å². The van der Waals surface area contributed by atoms with Gasteiger partial charge in [-0.2, -0.15) is 0 Å². The number of rotatable bonds is 7. The number of nitrogens with one attached hydrogen (secondary N) is 3. The molecule has 0 aromatic heterocycles. The maximum atomic E-state index is 11.3. The van der Waals surface area contributed by atoms with Crippen LogP contribution in [0, 0.1) is 0 Å². The minimum absolute atomic E-state index is 0.0230. The zero-order valence-corrected chi connectivity index (χ0v) is 10.4. The van der Waals surface area contributed by atoms with Crippen molar-refractivity contribution in [1.82, 2.24) is 16.0 Å². The predicted molar refractivity (Wildman–Crippen MR) is 64.2 cm³/mol. The average Bonchev–Trinajstić information content (AvgIpc) is 2.26. The first kappa shape index (κ1) is 14.7. The maximum Gasteiger partial charge on any atom is 0.314 e. The lowest BCUT2D eigenvalue weighted by Crippen LogP contribution is -2.39. The molecular formula is C11H23N3O2. The molecule has 0 radical (unpaired) electrons. The second-order valence-electron chi connectivity index (χ2n) is 3.81. The van der Waals surface area contributed by atoms with Gasteiger partial charge >= 0.3 is 6.03 Å². The van der Waals surface area contributed by atoms with Gasteiger partial charge in [0.05, 0.1) is 0 Å². The number of hydrogen-bond acceptors (Lipinski definition) is 2. The van der Waals surface area contributed by atoms with Gasteiger partial charge in [-0.05, 0) is 19.8 Å². The van der Waals surface area contributed by atoms with Crippen molar-refractivity contribution in [3.8, 4) is 0 Å². The highest BCUT2D eigenvalue weighted by Gasteiger charge is 2.05. The molecule has 0 rings (SSSR count). The zero-order valence-electron chi connectivity index (χ0n) is 10.4. The summed E-state index contributed by atoms with van der Waals surface area (Å²) >= 11 is 0. The summed E-state index contributed by atoms with van der Waals surface area (Å²) in [5, 5.41) is 8.14. The van der Waals surface area contributed by atoms with Crippen LogP contribution in [0.5, 0.6) is 0 Å². The molecular weight excluding hydrogens is 206 g/mol. The summed E-state index contributed by atoms with van der Waals surface area (Å²) in [7, 11) is 0. The second kappa shape index (κ2) is 9.00. The average molecular weight is 229 g/mol. The molecule has 0 bridgehead atoms. The minimum Gasteiger partial charge on any atom is -0.354 e. The van der Waals surface area contributed by atoms with E-state index in [0.717, 1.165) is 12.8 Å². The van der Waals surface area contributed by atoms with Crippen molar-refractivity contribution in [2.75, 3.05) is 13.1 Å². The van der Waals surface area contributed by atoms with E-state index in [4.69, 9.17) is 0 Å². The summed E-state index contributed by atoms with van der Waals surface area (Å²) in [4.78, 5) is 22.4. The first-order valence-corrected chi connectivity index (χ1v) is 5.91. The van der Waals surface area contributed by atoms with Crippen molar-refractivity contribution < 1.29 is 9.59 Å². The highest BCUT2D eigenvalue weighted by atomic mass is 16.2. The third-order valence-corrected chi connectivity index (χ3v) is 2.19. The van der Waals surface area contributed by atoms with Gasteiger partial charge in [-0.3, -0.25) is 4.79 Å². The van der Waals surface area contributed by atoms with Crippen LogP contribution in [0.1, 0.15) is 40.0 Å². The number of urea groups is 1. The molecule has 0 aliphatic heterocycles. The Bertz CT molecular complexity index is 219. The molecule has 0 aromatic carbocycles. The third kappa shape index (κ3) is 8.08. The number of hydrogen-bond donors (Lipinski definition) is 3. The third-order valence-electron chi connectivity index (χ3n) is 2.19. The maximum absolute atomic E-state index is 11.3. The van der Waals surface area contributed by atoms with Crippen molar-refractivity contribution in [1.29, 1.82) is 0 Å². The normalized spacial score (nSPS) is 11.7. The summed E-state index contributed by atoms with van der Waals surface area (Å²) in [5.74, 6) is -0.0230. The summed E-state index contributed by atoms with van der Waals surface area (Å²) in [6.07, 6.45) is 2.14. The van der Waals surface area contributed by atoms with Gasteiger partial charge in [0.25, 0.3) is 0 Å². The molecule has 0 aliphatic rings. The van der Waals surface area contributed by atoms with Gasteiger partial charge in [-0.1, -0.05) is 13.8 Å². The van der Waals surface area contributed by atoms with Gasteiger partial charge in [0.15, 0.2) is 0 Å². The molecule has 3 amide bonds. The van der Waals surface area contributed by atoms with Crippen LogP contribution in [-0.4, -0.2) is 31.1 Å². The SMILES string of the molecule is CCCNC(=O)NCCC(=O)NC(C)CC. The molecule has 1 unspecified atom stereocenters. The molecule has 0 heterocycles. The first-order valence-electron chi connectivity index (χ1n) is 5.91. The van der Waals surface area contributed by atoms with Crippen LogP contribution in [0.15, 0.2) is 0 Å². The highest BCUT2D eigenvalue weighted by molar-refractivity contribution is 5.78. The molecule has 1 atom stereocenters. The summed E-state index contributed by atoms with van der Waals surface area (Å²) in [6.45, 7) is 6.99.